The van der Waals surface area contributed by atoms with Crippen molar-refractivity contribution in [3.05, 3.63) is 53.1 Å². The molecular weight excluding hydrogens is 406 g/mol. The second-order valence-electron chi connectivity index (χ2n) is 8.93. The first-order chi connectivity index (χ1) is 15.5. The third kappa shape index (κ3) is 4.71. The third-order valence-electron chi connectivity index (χ3n) is 6.76. The average molecular weight is 440 g/mol. The van der Waals surface area contributed by atoms with Gasteiger partial charge in [0, 0.05) is 32.2 Å². The molecule has 2 heterocycles. The molecule has 172 valence electrons. The number of carbonyl (C=O) groups is 2. The molecule has 1 saturated carbocycles. The summed E-state index contributed by atoms with van der Waals surface area (Å²) in [7, 11) is 1.49. The fourth-order valence-electron chi connectivity index (χ4n) is 4.79. The maximum Gasteiger partial charge on any atom is 0.249 e. The molecule has 8 nitrogen and oxygen atoms in total. The Bertz CT molecular complexity index is 972. The van der Waals surface area contributed by atoms with Gasteiger partial charge in [0.05, 0.1) is 24.3 Å². The van der Waals surface area contributed by atoms with E-state index in [1.807, 2.05) is 18.5 Å². The normalized spacial score (nSPS) is 23.0. The topological polar surface area (TPSA) is 102 Å². The van der Waals surface area contributed by atoms with Crippen molar-refractivity contribution in [2.45, 2.75) is 70.2 Å². The van der Waals surface area contributed by atoms with E-state index in [1.165, 1.54) is 18.2 Å². The smallest absolute Gasteiger partial charge is 0.249 e. The Kier molecular flexibility index (Phi) is 6.91. The van der Waals surface area contributed by atoms with E-state index in [2.05, 4.69) is 33.9 Å². The highest BCUT2D eigenvalue weighted by atomic mass is 16.5. The molecule has 2 amide bonds. The molecule has 4 rings (SSSR count). The molecule has 0 radical (unpaired) electrons. The number of fused-ring (bicyclic) bond motifs is 1. The van der Waals surface area contributed by atoms with Gasteiger partial charge in [0.1, 0.15) is 12.6 Å². The molecule has 1 aromatic carbocycles. The minimum absolute atomic E-state index is 0.0386. The van der Waals surface area contributed by atoms with Crippen LogP contribution in [0.15, 0.2) is 30.6 Å². The summed E-state index contributed by atoms with van der Waals surface area (Å²) in [6.45, 7) is 3.03. The largest absolute Gasteiger partial charge is 0.375 e. The fourth-order valence-corrected chi connectivity index (χ4v) is 4.79. The van der Waals surface area contributed by atoms with Crippen LogP contribution in [0.3, 0.4) is 0 Å². The summed E-state index contributed by atoms with van der Waals surface area (Å²) >= 11 is 0. The Labute approximate surface area is 189 Å². The van der Waals surface area contributed by atoms with E-state index in [1.54, 1.807) is 4.90 Å². The number of amides is 2. The number of methoxy groups -OCH3 is 1. The number of hydrogen-bond donors (Lipinski definition) is 2. The number of rotatable bonds is 6. The summed E-state index contributed by atoms with van der Waals surface area (Å²) in [5.74, 6) is -0.356. The summed E-state index contributed by atoms with van der Waals surface area (Å²) in [4.78, 5) is 32.4. The van der Waals surface area contributed by atoms with Crippen molar-refractivity contribution < 1.29 is 14.3 Å². The lowest BCUT2D eigenvalue weighted by Gasteiger charge is -2.37. The Balaban J connectivity index is 1.56. The fraction of sp³-hybridized carbons (Fsp3) is 0.542. The maximum atomic E-state index is 13.2. The molecule has 1 fully saturated rings. The molecule has 1 aliphatic carbocycles. The molecule has 0 spiro atoms. The van der Waals surface area contributed by atoms with Crippen molar-refractivity contribution in [1.82, 2.24) is 19.8 Å². The van der Waals surface area contributed by atoms with Crippen LogP contribution >= 0.6 is 0 Å². The van der Waals surface area contributed by atoms with Gasteiger partial charge in [0.15, 0.2) is 0 Å². The van der Waals surface area contributed by atoms with Gasteiger partial charge in [0.25, 0.3) is 0 Å². The summed E-state index contributed by atoms with van der Waals surface area (Å²) in [6.07, 6.45) is 6.14. The van der Waals surface area contributed by atoms with Crippen LogP contribution in [0.5, 0.6) is 0 Å². The second-order valence-corrected chi connectivity index (χ2v) is 8.93. The number of aryl methyl sites for hydroxylation is 1. The zero-order valence-electron chi connectivity index (χ0n) is 18.9. The SMILES string of the molecule is COCC(=O)N1Cc2c(ncn2Cc2ccccc2C)CC1C(=O)NC1CCCCC1N. The first kappa shape index (κ1) is 22.5. The number of nitrogens with two attached hydrogens (primary N) is 1. The Hall–Kier alpha value is -2.71. The monoisotopic (exact) mass is 439 g/mol. The number of ether oxygens (including phenoxy) is 1. The van der Waals surface area contributed by atoms with Crippen LogP contribution in [0.1, 0.15) is 48.2 Å². The van der Waals surface area contributed by atoms with Gasteiger partial charge >= 0.3 is 0 Å². The van der Waals surface area contributed by atoms with E-state index in [4.69, 9.17) is 10.5 Å². The van der Waals surface area contributed by atoms with E-state index in [0.29, 0.717) is 19.5 Å². The zero-order valence-corrected chi connectivity index (χ0v) is 18.9. The van der Waals surface area contributed by atoms with Crippen molar-refractivity contribution in [2.75, 3.05) is 13.7 Å². The summed E-state index contributed by atoms with van der Waals surface area (Å²) in [6, 6.07) is 7.54. The molecular formula is C24H33N5O3. The highest BCUT2D eigenvalue weighted by Crippen LogP contribution is 2.25. The third-order valence-corrected chi connectivity index (χ3v) is 6.76. The molecule has 0 saturated heterocycles. The predicted octanol–water partition coefficient (Wildman–Crippen LogP) is 1.53. The number of benzene rings is 1. The van der Waals surface area contributed by atoms with Gasteiger partial charge in [-0.25, -0.2) is 4.98 Å². The number of hydrogen-bond acceptors (Lipinski definition) is 5. The molecule has 3 unspecified atom stereocenters. The summed E-state index contributed by atoms with van der Waals surface area (Å²) in [5, 5.41) is 3.12. The average Bonchev–Trinajstić information content (AvgIpc) is 3.18. The maximum absolute atomic E-state index is 13.2. The molecule has 1 aromatic heterocycles. The first-order valence-electron chi connectivity index (χ1n) is 11.4. The van der Waals surface area contributed by atoms with Crippen LogP contribution in [0.25, 0.3) is 0 Å². The molecule has 8 heteroatoms. The lowest BCUT2D eigenvalue weighted by Crippen LogP contribution is -2.58. The van der Waals surface area contributed by atoms with E-state index < -0.39 is 6.04 Å². The second kappa shape index (κ2) is 9.83. The van der Waals surface area contributed by atoms with E-state index in [-0.39, 0.29) is 30.5 Å². The molecule has 0 bridgehead atoms. The molecule has 2 aliphatic rings. The number of carbonyl (C=O) groups excluding carboxylic acids is 2. The van der Waals surface area contributed by atoms with Gasteiger partial charge in [-0.1, -0.05) is 37.1 Å². The number of imidazole rings is 1. The lowest BCUT2D eigenvalue weighted by molar-refractivity contribution is -0.145. The van der Waals surface area contributed by atoms with Gasteiger partial charge in [-0.2, -0.15) is 0 Å². The molecule has 3 atom stereocenters. The van der Waals surface area contributed by atoms with Crippen molar-refractivity contribution >= 4 is 11.8 Å². The zero-order chi connectivity index (χ0) is 22.7. The van der Waals surface area contributed by atoms with Crippen molar-refractivity contribution in [2.24, 2.45) is 5.73 Å². The number of nitrogens with one attached hydrogen (secondary N) is 1. The van der Waals surface area contributed by atoms with Gasteiger partial charge in [0.2, 0.25) is 11.8 Å². The van der Waals surface area contributed by atoms with Gasteiger partial charge < -0.3 is 25.3 Å². The quantitative estimate of drug-likeness (QED) is 0.711. The Morgan fingerprint density at radius 2 is 2.03 bits per heavy atom. The lowest BCUT2D eigenvalue weighted by atomic mass is 9.90. The van der Waals surface area contributed by atoms with Crippen LogP contribution in [0.2, 0.25) is 0 Å². The predicted molar refractivity (Wildman–Crippen MR) is 121 cm³/mol. The van der Waals surface area contributed by atoms with Crippen molar-refractivity contribution in [3.63, 3.8) is 0 Å². The van der Waals surface area contributed by atoms with E-state index in [0.717, 1.165) is 37.1 Å². The van der Waals surface area contributed by atoms with Crippen LogP contribution < -0.4 is 11.1 Å². The minimum atomic E-state index is -0.610. The Morgan fingerprint density at radius 3 is 2.78 bits per heavy atom. The van der Waals surface area contributed by atoms with Gasteiger partial charge in [-0.3, -0.25) is 9.59 Å². The number of aromatic nitrogens is 2. The highest BCUT2D eigenvalue weighted by Gasteiger charge is 2.38. The molecule has 32 heavy (non-hydrogen) atoms. The molecule has 2 aromatic rings. The van der Waals surface area contributed by atoms with Crippen molar-refractivity contribution in [3.8, 4) is 0 Å². The Morgan fingerprint density at radius 1 is 1.25 bits per heavy atom. The first-order valence-corrected chi connectivity index (χ1v) is 11.4. The van der Waals surface area contributed by atoms with Gasteiger partial charge in [-0.15, -0.1) is 0 Å². The van der Waals surface area contributed by atoms with Gasteiger partial charge in [-0.05, 0) is 30.9 Å². The van der Waals surface area contributed by atoms with Crippen LogP contribution in [0, 0.1) is 6.92 Å². The number of nitrogens with zero attached hydrogens (tertiary/aromatic N) is 3. The van der Waals surface area contributed by atoms with Crippen molar-refractivity contribution in [1.29, 1.82) is 0 Å². The standard InChI is InChI=1S/C24H33N5O3/c1-16-7-3-4-8-17(16)12-28-15-26-20-11-21(29(13-22(20)28)23(30)14-32-2)24(31)27-19-10-6-5-9-18(19)25/h3-4,7-8,15,18-19,21H,5-6,9-14,25H2,1-2H3,(H,27,31). The van der Waals surface area contributed by atoms with Crippen LogP contribution in [-0.2, 0) is 33.8 Å². The molecule has 3 N–H and O–H groups in total. The van der Waals surface area contributed by atoms with Crippen LogP contribution in [0.4, 0.5) is 0 Å². The minimum Gasteiger partial charge on any atom is -0.375 e. The summed E-state index contributed by atoms with van der Waals surface area (Å²) < 4.78 is 7.18. The van der Waals surface area contributed by atoms with E-state index in [9.17, 15) is 9.59 Å². The van der Waals surface area contributed by atoms with Crippen LogP contribution in [-0.4, -0.2) is 58.1 Å². The molecule has 1 aliphatic heterocycles. The summed E-state index contributed by atoms with van der Waals surface area (Å²) in [5.41, 5.74) is 10.5. The van der Waals surface area contributed by atoms with E-state index >= 15 is 0 Å². The highest BCUT2D eigenvalue weighted by molar-refractivity contribution is 5.89.